The Kier molecular flexibility index (Phi) is 6.99. The van der Waals surface area contributed by atoms with Crippen LogP contribution in [-0.4, -0.2) is 36.5 Å². The van der Waals surface area contributed by atoms with Crippen LogP contribution < -0.4 is 10.5 Å². The molecule has 4 nitrogen and oxygen atoms in total. The highest BCUT2D eigenvalue weighted by atomic mass is 35.5. The summed E-state index contributed by atoms with van der Waals surface area (Å²) in [5.74, 6) is 1.30. The fourth-order valence-corrected chi connectivity index (χ4v) is 2.33. The number of likely N-dealkylation sites (tertiary alicyclic amines) is 1. The molecule has 1 fully saturated rings. The SMILES string of the molecule is CC(C)c1ccc(OCC(=O)N2CCC(N)CC2)cc1.Cl. The molecule has 21 heavy (non-hydrogen) atoms. The number of carbonyl (C=O) groups is 1. The van der Waals surface area contributed by atoms with Gasteiger partial charge < -0.3 is 15.4 Å². The molecular weight excluding hydrogens is 288 g/mol. The monoisotopic (exact) mass is 312 g/mol. The molecule has 0 saturated carbocycles. The summed E-state index contributed by atoms with van der Waals surface area (Å²) in [6.07, 6.45) is 1.77. The maximum Gasteiger partial charge on any atom is 0.260 e. The van der Waals surface area contributed by atoms with Crippen LogP contribution in [0.15, 0.2) is 24.3 Å². The molecule has 2 rings (SSSR count). The molecule has 5 heteroatoms. The third-order valence-electron chi connectivity index (χ3n) is 3.80. The number of halogens is 1. The Hall–Kier alpha value is -1.26. The van der Waals surface area contributed by atoms with Crippen LogP contribution in [0.5, 0.6) is 5.75 Å². The highest BCUT2D eigenvalue weighted by Gasteiger charge is 2.20. The van der Waals surface area contributed by atoms with E-state index in [1.807, 2.05) is 29.2 Å². The zero-order chi connectivity index (χ0) is 14.5. The predicted molar refractivity (Wildman–Crippen MR) is 87.1 cm³/mol. The Bertz CT molecular complexity index is 440. The lowest BCUT2D eigenvalue weighted by molar-refractivity contribution is -0.134. The summed E-state index contributed by atoms with van der Waals surface area (Å²) in [7, 11) is 0. The van der Waals surface area contributed by atoms with Gasteiger partial charge in [-0.2, -0.15) is 0 Å². The molecule has 1 saturated heterocycles. The largest absolute Gasteiger partial charge is 0.484 e. The Morgan fingerprint density at radius 2 is 1.86 bits per heavy atom. The molecule has 1 aromatic rings. The number of nitrogens with two attached hydrogens (primary N) is 1. The van der Waals surface area contributed by atoms with Crippen LogP contribution in [0.25, 0.3) is 0 Å². The summed E-state index contributed by atoms with van der Waals surface area (Å²) < 4.78 is 5.56. The minimum atomic E-state index is 0. The molecule has 1 aliphatic rings. The Morgan fingerprint density at radius 1 is 1.29 bits per heavy atom. The molecule has 0 bridgehead atoms. The van der Waals surface area contributed by atoms with Crippen LogP contribution in [0.3, 0.4) is 0 Å². The Labute approximate surface area is 133 Å². The van der Waals surface area contributed by atoms with Crippen molar-refractivity contribution >= 4 is 18.3 Å². The fraction of sp³-hybridized carbons (Fsp3) is 0.562. The van der Waals surface area contributed by atoms with Gasteiger partial charge in [0.05, 0.1) is 0 Å². The van der Waals surface area contributed by atoms with Crippen LogP contribution in [0.4, 0.5) is 0 Å². The highest BCUT2D eigenvalue weighted by molar-refractivity contribution is 5.85. The van der Waals surface area contributed by atoms with Gasteiger partial charge in [-0.1, -0.05) is 26.0 Å². The van der Waals surface area contributed by atoms with Crippen LogP contribution in [0.2, 0.25) is 0 Å². The van der Waals surface area contributed by atoms with Gasteiger partial charge in [0.1, 0.15) is 5.75 Å². The van der Waals surface area contributed by atoms with E-state index in [9.17, 15) is 4.79 Å². The van der Waals surface area contributed by atoms with Crippen molar-refractivity contribution in [1.29, 1.82) is 0 Å². The molecule has 0 spiro atoms. The normalized spacial score (nSPS) is 15.7. The summed E-state index contributed by atoms with van der Waals surface area (Å²) in [5.41, 5.74) is 7.10. The van der Waals surface area contributed by atoms with Crippen molar-refractivity contribution in [1.82, 2.24) is 4.90 Å². The van der Waals surface area contributed by atoms with E-state index < -0.39 is 0 Å². The molecule has 0 atom stereocenters. The topological polar surface area (TPSA) is 55.6 Å². The zero-order valence-corrected chi connectivity index (χ0v) is 13.6. The first kappa shape index (κ1) is 17.8. The number of nitrogens with zero attached hydrogens (tertiary/aromatic N) is 1. The van der Waals surface area contributed by atoms with Crippen LogP contribution >= 0.6 is 12.4 Å². The van der Waals surface area contributed by atoms with Crippen molar-refractivity contribution in [3.05, 3.63) is 29.8 Å². The van der Waals surface area contributed by atoms with Gasteiger partial charge in [-0.05, 0) is 36.5 Å². The van der Waals surface area contributed by atoms with Gasteiger partial charge in [0.15, 0.2) is 6.61 Å². The van der Waals surface area contributed by atoms with E-state index in [4.69, 9.17) is 10.5 Å². The van der Waals surface area contributed by atoms with E-state index in [1.165, 1.54) is 5.56 Å². The second-order valence-corrected chi connectivity index (χ2v) is 5.73. The van der Waals surface area contributed by atoms with Crippen molar-refractivity contribution in [2.75, 3.05) is 19.7 Å². The van der Waals surface area contributed by atoms with Crippen molar-refractivity contribution in [2.45, 2.75) is 38.6 Å². The quantitative estimate of drug-likeness (QED) is 0.929. The summed E-state index contributed by atoms with van der Waals surface area (Å²) in [4.78, 5) is 13.9. The van der Waals surface area contributed by atoms with Crippen molar-refractivity contribution in [3.8, 4) is 5.75 Å². The number of amides is 1. The second kappa shape index (κ2) is 8.25. The van der Waals surface area contributed by atoms with E-state index in [1.54, 1.807) is 0 Å². The lowest BCUT2D eigenvalue weighted by Crippen LogP contribution is -2.44. The number of carbonyl (C=O) groups excluding carboxylic acids is 1. The number of hydrogen-bond donors (Lipinski definition) is 1. The standard InChI is InChI=1S/C16H24N2O2.ClH/c1-12(2)13-3-5-15(6-4-13)20-11-16(19)18-9-7-14(17)8-10-18;/h3-6,12,14H,7-11,17H2,1-2H3;1H. The average molecular weight is 313 g/mol. The van der Waals surface area contributed by atoms with Gasteiger partial charge in [-0.15, -0.1) is 12.4 Å². The molecule has 0 aliphatic carbocycles. The highest BCUT2D eigenvalue weighted by Crippen LogP contribution is 2.18. The Morgan fingerprint density at radius 3 is 2.38 bits per heavy atom. The van der Waals surface area contributed by atoms with Crippen molar-refractivity contribution in [2.24, 2.45) is 5.73 Å². The molecule has 0 radical (unpaired) electrons. The van der Waals surface area contributed by atoms with Gasteiger partial charge in [-0.3, -0.25) is 4.79 Å². The van der Waals surface area contributed by atoms with E-state index in [0.717, 1.165) is 31.7 Å². The summed E-state index contributed by atoms with van der Waals surface area (Å²) in [5, 5.41) is 0. The minimum absolute atomic E-state index is 0. The predicted octanol–water partition coefficient (Wildman–Crippen LogP) is 2.56. The molecular formula is C16H25ClN2O2. The summed E-state index contributed by atoms with van der Waals surface area (Å²) in [6, 6.07) is 8.18. The smallest absolute Gasteiger partial charge is 0.260 e. The molecule has 2 N–H and O–H groups in total. The number of hydrogen-bond acceptors (Lipinski definition) is 3. The summed E-state index contributed by atoms with van der Waals surface area (Å²) in [6.45, 7) is 5.91. The van der Waals surface area contributed by atoms with Gasteiger partial charge in [-0.25, -0.2) is 0 Å². The average Bonchev–Trinajstić information content (AvgIpc) is 2.46. The fourth-order valence-electron chi connectivity index (χ4n) is 2.33. The molecule has 1 aromatic carbocycles. The van der Waals surface area contributed by atoms with Crippen LogP contribution in [0, 0.1) is 0 Å². The maximum atomic E-state index is 12.0. The number of benzene rings is 1. The van der Waals surface area contributed by atoms with Crippen LogP contribution in [-0.2, 0) is 4.79 Å². The summed E-state index contributed by atoms with van der Waals surface area (Å²) >= 11 is 0. The lowest BCUT2D eigenvalue weighted by Gasteiger charge is -2.30. The molecule has 118 valence electrons. The van der Waals surface area contributed by atoms with E-state index in [2.05, 4.69) is 13.8 Å². The zero-order valence-electron chi connectivity index (χ0n) is 12.7. The third-order valence-corrected chi connectivity index (χ3v) is 3.80. The lowest BCUT2D eigenvalue weighted by atomic mass is 10.0. The first-order valence-electron chi connectivity index (χ1n) is 7.32. The van der Waals surface area contributed by atoms with Crippen molar-refractivity contribution < 1.29 is 9.53 Å². The Balaban J connectivity index is 0.00000220. The van der Waals surface area contributed by atoms with E-state index in [-0.39, 0.29) is 31.0 Å². The number of ether oxygens (including phenoxy) is 1. The number of piperidine rings is 1. The third kappa shape index (κ3) is 5.21. The van der Waals surface area contributed by atoms with Crippen molar-refractivity contribution in [3.63, 3.8) is 0 Å². The maximum absolute atomic E-state index is 12.0. The van der Waals surface area contributed by atoms with Gasteiger partial charge in [0, 0.05) is 19.1 Å². The van der Waals surface area contributed by atoms with E-state index >= 15 is 0 Å². The second-order valence-electron chi connectivity index (χ2n) is 5.73. The molecule has 1 amide bonds. The van der Waals surface area contributed by atoms with Gasteiger partial charge in [0.25, 0.3) is 5.91 Å². The molecule has 1 heterocycles. The first-order valence-corrected chi connectivity index (χ1v) is 7.32. The van der Waals surface area contributed by atoms with Crippen LogP contribution in [0.1, 0.15) is 38.2 Å². The number of rotatable bonds is 4. The molecule has 0 unspecified atom stereocenters. The molecule has 1 aliphatic heterocycles. The minimum Gasteiger partial charge on any atom is -0.484 e. The molecule has 0 aromatic heterocycles. The first-order chi connectivity index (χ1) is 9.56. The van der Waals surface area contributed by atoms with Gasteiger partial charge >= 0.3 is 0 Å². The van der Waals surface area contributed by atoms with E-state index in [0.29, 0.717) is 5.92 Å². The van der Waals surface area contributed by atoms with Gasteiger partial charge in [0.2, 0.25) is 0 Å².